The predicted molar refractivity (Wildman–Crippen MR) is 110 cm³/mol. The van der Waals surface area contributed by atoms with E-state index >= 15 is 0 Å². The van der Waals surface area contributed by atoms with Gasteiger partial charge in [-0.1, -0.05) is 41.4 Å². The Labute approximate surface area is 172 Å². The topological polar surface area (TPSA) is 102 Å². The van der Waals surface area contributed by atoms with E-state index < -0.39 is 10.8 Å². The first kappa shape index (κ1) is 20.2. The van der Waals surface area contributed by atoms with Crippen molar-refractivity contribution in [2.24, 2.45) is 5.10 Å². The minimum atomic E-state index is -0.529. The number of nitro groups is 1. The Morgan fingerprint density at radius 3 is 2.48 bits per heavy atom. The highest BCUT2D eigenvalue weighted by atomic mass is 35.5. The molecule has 0 radical (unpaired) electrons. The maximum atomic E-state index is 12.1. The smallest absolute Gasteiger partial charge is 0.267 e. The summed E-state index contributed by atoms with van der Waals surface area (Å²) in [7, 11) is 0. The fourth-order valence-corrected chi connectivity index (χ4v) is 2.92. The molecule has 1 amide bonds. The number of hydrazone groups is 1. The van der Waals surface area contributed by atoms with Crippen molar-refractivity contribution in [3.8, 4) is 0 Å². The minimum absolute atomic E-state index is 0.0894. The summed E-state index contributed by atoms with van der Waals surface area (Å²) in [5, 5.41) is 19.4. The second-order valence-corrected chi connectivity index (χ2v) is 6.79. The number of hydrogen-bond donors (Lipinski definition) is 1. The zero-order chi connectivity index (χ0) is 21.0. The molecule has 0 fully saturated rings. The number of carbonyl (C=O) groups excluding carboxylic acids is 1. The predicted octanol–water partition coefficient (Wildman–Crippen LogP) is 3.87. The molecule has 0 aliphatic rings. The third kappa shape index (κ3) is 4.85. The lowest BCUT2D eigenvalue weighted by Gasteiger charge is -2.04. The molecular weight excluding hydrogens is 394 g/mol. The van der Waals surface area contributed by atoms with Crippen LogP contribution in [0.3, 0.4) is 0 Å². The molecule has 1 aromatic heterocycles. The molecule has 8 nitrogen and oxygen atoms in total. The molecule has 0 aliphatic heterocycles. The summed E-state index contributed by atoms with van der Waals surface area (Å²) in [6.45, 7) is 4.34. The van der Waals surface area contributed by atoms with E-state index in [1.165, 1.54) is 36.0 Å². The van der Waals surface area contributed by atoms with Crippen LogP contribution >= 0.6 is 11.6 Å². The molecule has 0 saturated carbocycles. The maximum Gasteiger partial charge on any atom is 0.271 e. The van der Waals surface area contributed by atoms with Crippen molar-refractivity contribution in [3.05, 3.63) is 91.7 Å². The van der Waals surface area contributed by atoms with Crippen molar-refractivity contribution in [2.75, 3.05) is 0 Å². The molecular formula is C20H18ClN5O3. The molecule has 0 spiro atoms. The Bertz CT molecular complexity index is 1070. The van der Waals surface area contributed by atoms with E-state index in [0.29, 0.717) is 23.0 Å². The van der Waals surface area contributed by atoms with Crippen LogP contribution in [0.2, 0.25) is 5.15 Å². The second-order valence-electron chi connectivity index (χ2n) is 6.44. The molecule has 3 rings (SSSR count). The molecule has 0 bridgehead atoms. The number of benzene rings is 2. The lowest BCUT2D eigenvalue weighted by atomic mass is 10.1. The van der Waals surface area contributed by atoms with Crippen molar-refractivity contribution in [1.82, 2.24) is 15.2 Å². The molecule has 0 aliphatic carbocycles. The van der Waals surface area contributed by atoms with Crippen molar-refractivity contribution in [1.29, 1.82) is 0 Å². The third-order valence-corrected chi connectivity index (χ3v) is 4.66. The van der Waals surface area contributed by atoms with E-state index in [0.717, 1.165) is 5.56 Å². The third-order valence-electron chi connectivity index (χ3n) is 4.26. The average Bonchev–Trinajstić information content (AvgIpc) is 2.97. The summed E-state index contributed by atoms with van der Waals surface area (Å²) in [4.78, 5) is 22.3. The Hall–Kier alpha value is -3.52. The maximum absolute atomic E-state index is 12.1. The van der Waals surface area contributed by atoms with Crippen LogP contribution in [-0.4, -0.2) is 26.8 Å². The summed E-state index contributed by atoms with van der Waals surface area (Å²) in [6.07, 6.45) is 1.43. The summed E-state index contributed by atoms with van der Waals surface area (Å²) < 4.78 is 1.67. The van der Waals surface area contributed by atoms with Crippen molar-refractivity contribution in [3.63, 3.8) is 0 Å². The van der Waals surface area contributed by atoms with Crippen molar-refractivity contribution < 1.29 is 9.72 Å². The van der Waals surface area contributed by atoms with Gasteiger partial charge in [-0.15, -0.1) is 0 Å². The van der Waals surface area contributed by atoms with E-state index in [1.54, 1.807) is 11.6 Å². The summed E-state index contributed by atoms with van der Waals surface area (Å²) in [6, 6.07) is 13.3. The van der Waals surface area contributed by atoms with Crippen LogP contribution in [-0.2, 0) is 6.54 Å². The fraction of sp³-hybridized carbons (Fsp3) is 0.150. The van der Waals surface area contributed by atoms with E-state index in [2.05, 4.69) is 15.6 Å². The highest BCUT2D eigenvalue weighted by molar-refractivity contribution is 6.32. The lowest BCUT2D eigenvalue weighted by Crippen LogP contribution is -2.17. The lowest BCUT2D eigenvalue weighted by molar-refractivity contribution is -0.384. The number of hydrogen-bond acceptors (Lipinski definition) is 5. The number of nitrogens with one attached hydrogen (secondary N) is 1. The van der Waals surface area contributed by atoms with Gasteiger partial charge in [-0.3, -0.25) is 14.9 Å². The monoisotopic (exact) mass is 411 g/mol. The summed E-state index contributed by atoms with van der Waals surface area (Å²) >= 11 is 6.42. The SMILES string of the molecule is Cc1ccc(Cn2nc(C)c(/C=N\NC(=O)c3ccc([N+](=O)[O-])cc3)c2Cl)cc1. The molecule has 29 heavy (non-hydrogen) atoms. The number of carbonyl (C=O) groups is 1. The number of rotatable bonds is 6. The Morgan fingerprint density at radius 2 is 1.86 bits per heavy atom. The van der Waals surface area contributed by atoms with Crippen molar-refractivity contribution in [2.45, 2.75) is 20.4 Å². The van der Waals surface area contributed by atoms with Crippen LogP contribution in [0, 0.1) is 24.0 Å². The Kier molecular flexibility index (Phi) is 6.04. The fourth-order valence-electron chi connectivity index (χ4n) is 2.64. The number of aromatic nitrogens is 2. The van der Waals surface area contributed by atoms with Gasteiger partial charge in [-0.25, -0.2) is 10.1 Å². The number of non-ortho nitro benzene ring substituents is 1. The quantitative estimate of drug-likeness (QED) is 0.377. The van der Waals surface area contributed by atoms with Crippen LogP contribution in [0.4, 0.5) is 5.69 Å². The minimum Gasteiger partial charge on any atom is -0.267 e. The van der Waals surface area contributed by atoms with Crippen LogP contribution in [0.1, 0.15) is 32.7 Å². The number of aryl methyl sites for hydroxylation is 2. The molecule has 148 valence electrons. The van der Waals surface area contributed by atoms with Gasteiger partial charge in [0.05, 0.1) is 28.9 Å². The number of halogens is 1. The first-order chi connectivity index (χ1) is 13.8. The normalized spacial score (nSPS) is 11.0. The standard InChI is InChI=1S/C20H18ClN5O3/c1-13-3-5-15(6-4-13)12-25-19(21)18(14(2)24-25)11-22-23-20(27)16-7-9-17(10-8-16)26(28)29/h3-11H,12H2,1-2H3,(H,23,27)/b22-11-. The van der Waals surface area contributed by atoms with E-state index in [4.69, 9.17) is 11.6 Å². The first-order valence-corrected chi connectivity index (χ1v) is 9.09. The van der Waals surface area contributed by atoms with Gasteiger partial charge in [-0.05, 0) is 31.5 Å². The molecule has 0 unspecified atom stereocenters. The van der Waals surface area contributed by atoms with E-state index in [9.17, 15) is 14.9 Å². The van der Waals surface area contributed by atoms with E-state index in [1.807, 2.05) is 31.2 Å². The summed E-state index contributed by atoms with van der Waals surface area (Å²) in [5.74, 6) is -0.489. The van der Waals surface area contributed by atoms with Gasteiger partial charge in [0.25, 0.3) is 11.6 Å². The second kappa shape index (κ2) is 8.66. The van der Waals surface area contributed by atoms with Gasteiger partial charge in [0.2, 0.25) is 0 Å². The van der Waals surface area contributed by atoms with Gasteiger partial charge in [-0.2, -0.15) is 10.2 Å². The van der Waals surface area contributed by atoms with Gasteiger partial charge < -0.3 is 0 Å². The zero-order valence-electron chi connectivity index (χ0n) is 15.8. The molecule has 1 N–H and O–H groups in total. The number of nitro benzene ring substituents is 1. The molecule has 0 atom stereocenters. The average molecular weight is 412 g/mol. The van der Waals surface area contributed by atoms with Crippen LogP contribution in [0.5, 0.6) is 0 Å². The van der Waals surface area contributed by atoms with Crippen LogP contribution in [0.25, 0.3) is 0 Å². The van der Waals surface area contributed by atoms with Crippen molar-refractivity contribution >= 4 is 29.4 Å². The molecule has 3 aromatic rings. The first-order valence-electron chi connectivity index (χ1n) is 8.71. The molecule has 0 saturated heterocycles. The Morgan fingerprint density at radius 1 is 1.21 bits per heavy atom. The largest absolute Gasteiger partial charge is 0.271 e. The highest BCUT2D eigenvalue weighted by Crippen LogP contribution is 2.19. The van der Waals surface area contributed by atoms with Gasteiger partial charge in [0.15, 0.2) is 0 Å². The van der Waals surface area contributed by atoms with Gasteiger partial charge in [0.1, 0.15) is 5.15 Å². The molecule has 9 heteroatoms. The van der Waals surface area contributed by atoms with Gasteiger partial charge >= 0.3 is 0 Å². The Balaban J connectivity index is 1.68. The molecule has 2 aromatic carbocycles. The number of amides is 1. The van der Waals surface area contributed by atoms with E-state index in [-0.39, 0.29) is 11.3 Å². The molecule has 1 heterocycles. The van der Waals surface area contributed by atoms with Crippen LogP contribution < -0.4 is 5.43 Å². The highest BCUT2D eigenvalue weighted by Gasteiger charge is 2.13. The zero-order valence-corrected chi connectivity index (χ0v) is 16.6. The number of nitrogens with zero attached hydrogens (tertiary/aromatic N) is 4. The summed E-state index contributed by atoms with van der Waals surface area (Å²) in [5.41, 5.74) is 6.06. The van der Waals surface area contributed by atoms with Gasteiger partial charge in [0, 0.05) is 17.7 Å². The van der Waals surface area contributed by atoms with Crippen LogP contribution in [0.15, 0.2) is 53.6 Å².